The Hall–Kier alpha value is -1.10. The van der Waals surface area contributed by atoms with Gasteiger partial charge in [0.1, 0.15) is 6.04 Å². The third-order valence-electron chi connectivity index (χ3n) is 3.00. The van der Waals surface area contributed by atoms with E-state index in [1.54, 1.807) is 17.0 Å². The predicted octanol–water partition coefficient (Wildman–Crippen LogP) is 1.42. The van der Waals surface area contributed by atoms with Gasteiger partial charge in [0.25, 0.3) is 0 Å². The number of piperazine rings is 1. The van der Waals surface area contributed by atoms with Crippen LogP contribution in [0.25, 0.3) is 0 Å². The van der Waals surface area contributed by atoms with Gasteiger partial charge >= 0.3 is 0 Å². The number of rotatable bonds is 2. The molecule has 1 amide bonds. The minimum Gasteiger partial charge on any atom is -0.394 e. The van der Waals surface area contributed by atoms with Crippen molar-refractivity contribution in [3.05, 3.63) is 29.3 Å². The minimum absolute atomic E-state index is 0.112. The second-order valence-corrected chi connectivity index (χ2v) is 5.60. The number of amides is 1. The van der Waals surface area contributed by atoms with Crippen molar-refractivity contribution in [2.24, 2.45) is 0 Å². The first-order chi connectivity index (χ1) is 8.43. The summed E-state index contributed by atoms with van der Waals surface area (Å²) in [5.74, 6) is -0.112. The molecule has 1 aromatic carbocycles. The van der Waals surface area contributed by atoms with Crippen LogP contribution in [0.4, 0.5) is 5.69 Å². The fraction of sp³-hybridized carbons (Fsp3) is 0.462. The molecule has 1 heterocycles. The lowest BCUT2D eigenvalue weighted by Crippen LogP contribution is -2.66. The molecule has 0 radical (unpaired) electrons. The first-order valence-corrected chi connectivity index (χ1v) is 6.26. The Morgan fingerprint density at radius 2 is 2.06 bits per heavy atom. The summed E-state index contributed by atoms with van der Waals surface area (Å²) in [4.78, 5) is 13.9. The van der Waals surface area contributed by atoms with E-state index in [4.69, 9.17) is 11.6 Å². The van der Waals surface area contributed by atoms with E-state index in [0.29, 0.717) is 11.6 Å². The highest BCUT2D eigenvalue weighted by molar-refractivity contribution is 6.30. The van der Waals surface area contributed by atoms with Crippen molar-refractivity contribution >= 4 is 23.2 Å². The molecule has 1 saturated heterocycles. The number of hydrogen-bond donors (Lipinski definition) is 2. The average Bonchev–Trinajstić information content (AvgIpc) is 2.33. The summed E-state index contributed by atoms with van der Waals surface area (Å²) in [7, 11) is 0. The van der Waals surface area contributed by atoms with E-state index >= 15 is 0 Å². The third kappa shape index (κ3) is 2.66. The van der Waals surface area contributed by atoms with E-state index in [9.17, 15) is 9.90 Å². The number of carbonyl (C=O) groups excluding carboxylic acids is 1. The van der Waals surface area contributed by atoms with E-state index in [2.05, 4.69) is 5.32 Å². The molecule has 1 fully saturated rings. The third-order valence-corrected chi connectivity index (χ3v) is 3.26. The minimum atomic E-state index is -0.551. The van der Waals surface area contributed by atoms with E-state index in [1.807, 2.05) is 26.0 Å². The largest absolute Gasteiger partial charge is 0.394 e. The molecule has 18 heavy (non-hydrogen) atoms. The number of aliphatic hydroxyl groups is 1. The van der Waals surface area contributed by atoms with Crippen LogP contribution >= 0.6 is 11.6 Å². The number of hydrogen-bond acceptors (Lipinski definition) is 3. The molecule has 0 bridgehead atoms. The first-order valence-electron chi connectivity index (χ1n) is 5.88. The number of nitrogens with zero attached hydrogens (tertiary/aromatic N) is 1. The SMILES string of the molecule is CC1(C)CN(c2ccc(Cl)cc2)C(=O)C(CO)N1. The number of nitrogens with one attached hydrogen (secondary N) is 1. The van der Waals surface area contributed by atoms with Gasteiger partial charge in [0.2, 0.25) is 5.91 Å². The predicted molar refractivity (Wildman–Crippen MR) is 71.9 cm³/mol. The molecule has 4 nitrogen and oxygen atoms in total. The number of benzene rings is 1. The Balaban J connectivity index is 2.30. The molecule has 1 aromatic rings. The highest BCUT2D eigenvalue weighted by atomic mass is 35.5. The van der Waals surface area contributed by atoms with Crippen molar-refractivity contribution in [1.29, 1.82) is 0 Å². The van der Waals surface area contributed by atoms with Crippen LogP contribution in [0.1, 0.15) is 13.8 Å². The molecule has 0 aromatic heterocycles. The fourth-order valence-corrected chi connectivity index (χ4v) is 2.33. The summed E-state index contributed by atoms with van der Waals surface area (Å²) in [6.07, 6.45) is 0. The van der Waals surface area contributed by atoms with Crippen LogP contribution < -0.4 is 10.2 Å². The van der Waals surface area contributed by atoms with Crippen LogP contribution in [0.5, 0.6) is 0 Å². The number of halogens is 1. The first kappa shape index (κ1) is 13.3. The molecule has 1 atom stereocenters. The van der Waals surface area contributed by atoms with Crippen molar-refractivity contribution in [3.63, 3.8) is 0 Å². The van der Waals surface area contributed by atoms with Crippen LogP contribution in [-0.4, -0.2) is 35.7 Å². The Labute approximate surface area is 112 Å². The number of aliphatic hydroxyl groups excluding tert-OH is 1. The smallest absolute Gasteiger partial charge is 0.246 e. The molecule has 5 heteroatoms. The molecule has 0 aliphatic carbocycles. The van der Waals surface area contributed by atoms with E-state index in [-0.39, 0.29) is 18.1 Å². The molecule has 1 unspecified atom stereocenters. The average molecular weight is 269 g/mol. The summed E-state index contributed by atoms with van der Waals surface area (Å²) in [6.45, 7) is 4.37. The lowest BCUT2D eigenvalue weighted by molar-refractivity contribution is -0.124. The molecule has 98 valence electrons. The summed E-state index contributed by atoms with van der Waals surface area (Å²) >= 11 is 5.84. The van der Waals surface area contributed by atoms with Gasteiger partial charge in [0.15, 0.2) is 0 Å². The van der Waals surface area contributed by atoms with Gasteiger partial charge in [-0.05, 0) is 38.1 Å². The molecule has 0 spiro atoms. The fourth-order valence-electron chi connectivity index (χ4n) is 2.20. The van der Waals surface area contributed by atoms with Gasteiger partial charge in [-0.1, -0.05) is 11.6 Å². The summed E-state index contributed by atoms with van der Waals surface area (Å²) in [6, 6.07) is 6.59. The quantitative estimate of drug-likeness (QED) is 0.853. The van der Waals surface area contributed by atoms with Gasteiger partial charge < -0.3 is 10.0 Å². The lowest BCUT2D eigenvalue weighted by atomic mass is 9.97. The Morgan fingerprint density at radius 1 is 1.44 bits per heavy atom. The van der Waals surface area contributed by atoms with Crippen LogP contribution in [0.2, 0.25) is 5.02 Å². The Bertz CT molecular complexity index is 445. The highest BCUT2D eigenvalue weighted by Crippen LogP contribution is 2.24. The van der Waals surface area contributed by atoms with Crippen molar-refractivity contribution in [2.45, 2.75) is 25.4 Å². The normalized spacial score (nSPS) is 23.2. The molecule has 2 N–H and O–H groups in total. The Kier molecular flexibility index (Phi) is 3.61. The zero-order valence-electron chi connectivity index (χ0n) is 10.5. The van der Waals surface area contributed by atoms with Gasteiger partial charge in [0.05, 0.1) is 6.61 Å². The maximum atomic E-state index is 12.2. The monoisotopic (exact) mass is 268 g/mol. The standard InChI is InChI=1S/C13H17ClN2O2/c1-13(2)8-16(12(18)11(7-17)15-13)10-5-3-9(14)4-6-10/h3-6,11,15,17H,7-8H2,1-2H3. The van der Waals surface area contributed by atoms with Gasteiger partial charge in [0, 0.05) is 22.8 Å². The second kappa shape index (κ2) is 4.88. The zero-order chi connectivity index (χ0) is 13.3. The highest BCUT2D eigenvalue weighted by Gasteiger charge is 2.38. The van der Waals surface area contributed by atoms with E-state index < -0.39 is 6.04 Å². The molecule has 1 aliphatic rings. The number of carbonyl (C=O) groups is 1. The van der Waals surface area contributed by atoms with Crippen LogP contribution in [-0.2, 0) is 4.79 Å². The van der Waals surface area contributed by atoms with Gasteiger partial charge in [-0.3, -0.25) is 10.1 Å². The maximum Gasteiger partial charge on any atom is 0.246 e. The van der Waals surface area contributed by atoms with Gasteiger partial charge in [-0.25, -0.2) is 0 Å². The maximum absolute atomic E-state index is 12.2. The van der Waals surface area contributed by atoms with Crippen LogP contribution in [0, 0.1) is 0 Å². The summed E-state index contributed by atoms with van der Waals surface area (Å²) < 4.78 is 0. The van der Waals surface area contributed by atoms with Crippen molar-refractivity contribution in [2.75, 3.05) is 18.1 Å². The van der Waals surface area contributed by atoms with E-state index in [1.165, 1.54) is 0 Å². The number of anilines is 1. The molecule has 2 rings (SSSR count). The van der Waals surface area contributed by atoms with Crippen molar-refractivity contribution < 1.29 is 9.90 Å². The van der Waals surface area contributed by atoms with Crippen LogP contribution in [0.15, 0.2) is 24.3 Å². The van der Waals surface area contributed by atoms with Gasteiger partial charge in [-0.2, -0.15) is 0 Å². The zero-order valence-corrected chi connectivity index (χ0v) is 11.2. The lowest BCUT2D eigenvalue weighted by Gasteiger charge is -2.42. The molecule has 0 saturated carbocycles. The van der Waals surface area contributed by atoms with Crippen LogP contribution in [0.3, 0.4) is 0 Å². The molecule has 1 aliphatic heterocycles. The summed E-state index contributed by atoms with van der Waals surface area (Å²) in [5, 5.41) is 13.0. The topological polar surface area (TPSA) is 52.6 Å². The second-order valence-electron chi connectivity index (χ2n) is 5.16. The van der Waals surface area contributed by atoms with E-state index in [0.717, 1.165) is 5.69 Å². The molecular formula is C13H17ClN2O2. The Morgan fingerprint density at radius 3 is 2.61 bits per heavy atom. The summed E-state index contributed by atoms with van der Waals surface area (Å²) in [5.41, 5.74) is 0.568. The van der Waals surface area contributed by atoms with Crippen molar-refractivity contribution in [3.8, 4) is 0 Å². The van der Waals surface area contributed by atoms with Crippen molar-refractivity contribution in [1.82, 2.24) is 5.32 Å². The van der Waals surface area contributed by atoms with Gasteiger partial charge in [-0.15, -0.1) is 0 Å². The molecular weight excluding hydrogens is 252 g/mol.